The Morgan fingerprint density at radius 2 is 1.83 bits per heavy atom. The Balaban J connectivity index is 1.57. The van der Waals surface area contributed by atoms with Gasteiger partial charge in [-0.05, 0) is 42.7 Å². The summed E-state index contributed by atoms with van der Waals surface area (Å²) in [6.45, 7) is 2.41. The van der Waals surface area contributed by atoms with Crippen molar-refractivity contribution in [2.75, 3.05) is 32.9 Å². The van der Waals surface area contributed by atoms with E-state index in [1.165, 1.54) is 0 Å². The molecule has 30 heavy (non-hydrogen) atoms. The van der Waals surface area contributed by atoms with Crippen molar-refractivity contribution < 1.29 is 19.4 Å². The molecule has 0 spiro atoms. The lowest BCUT2D eigenvalue weighted by atomic mass is 9.91. The Bertz CT molecular complexity index is 876. The number of aliphatic imine (C=N–C) groups is 1. The fourth-order valence-corrected chi connectivity index (χ4v) is 3.97. The molecule has 1 amide bonds. The van der Waals surface area contributed by atoms with Gasteiger partial charge in [-0.25, -0.2) is 4.99 Å². The summed E-state index contributed by atoms with van der Waals surface area (Å²) < 4.78 is 11.6. The fourth-order valence-electron chi connectivity index (χ4n) is 3.97. The maximum atomic E-state index is 13.5. The van der Waals surface area contributed by atoms with E-state index in [0.717, 1.165) is 42.8 Å². The van der Waals surface area contributed by atoms with Crippen LogP contribution in [0.25, 0.3) is 0 Å². The molecular formula is C24H28N2O4. The van der Waals surface area contributed by atoms with E-state index in [-0.39, 0.29) is 19.1 Å². The highest BCUT2D eigenvalue weighted by atomic mass is 16.5. The molecular weight excluding hydrogens is 380 g/mol. The van der Waals surface area contributed by atoms with Crippen LogP contribution in [0.5, 0.6) is 5.75 Å². The van der Waals surface area contributed by atoms with Gasteiger partial charge >= 0.3 is 0 Å². The first-order valence-electron chi connectivity index (χ1n) is 10.6. The van der Waals surface area contributed by atoms with Crippen LogP contribution in [0.1, 0.15) is 30.4 Å². The molecule has 1 atom stereocenters. The van der Waals surface area contributed by atoms with Gasteiger partial charge in [0.2, 0.25) is 5.90 Å². The summed E-state index contributed by atoms with van der Waals surface area (Å²) in [5.41, 5.74) is 0.983. The molecule has 1 N–H and O–H groups in total. The number of hydrogen-bond acceptors (Lipinski definition) is 5. The van der Waals surface area contributed by atoms with Gasteiger partial charge in [-0.15, -0.1) is 0 Å². The number of nitrogens with zero attached hydrogens (tertiary/aromatic N) is 2. The molecule has 0 aliphatic carbocycles. The third-order valence-corrected chi connectivity index (χ3v) is 5.57. The van der Waals surface area contributed by atoms with Crippen LogP contribution in [-0.4, -0.2) is 60.3 Å². The molecule has 1 saturated heterocycles. The van der Waals surface area contributed by atoms with Crippen molar-refractivity contribution in [3.05, 3.63) is 65.7 Å². The van der Waals surface area contributed by atoms with Gasteiger partial charge in [0.25, 0.3) is 5.91 Å². The largest absolute Gasteiger partial charge is 0.494 e. The Hall–Kier alpha value is -2.86. The Morgan fingerprint density at radius 3 is 2.53 bits per heavy atom. The van der Waals surface area contributed by atoms with E-state index < -0.39 is 5.54 Å². The highest BCUT2D eigenvalue weighted by molar-refractivity contribution is 6.00. The summed E-state index contributed by atoms with van der Waals surface area (Å²) in [5, 5.41) is 8.87. The van der Waals surface area contributed by atoms with Crippen molar-refractivity contribution in [1.82, 2.24) is 4.90 Å². The molecule has 6 nitrogen and oxygen atoms in total. The molecule has 1 fully saturated rings. The van der Waals surface area contributed by atoms with Crippen molar-refractivity contribution in [1.29, 1.82) is 0 Å². The van der Waals surface area contributed by atoms with Gasteiger partial charge in [-0.3, -0.25) is 4.79 Å². The first kappa shape index (κ1) is 20.4. The predicted molar refractivity (Wildman–Crippen MR) is 115 cm³/mol. The first-order chi connectivity index (χ1) is 14.7. The topological polar surface area (TPSA) is 71.4 Å². The summed E-state index contributed by atoms with van der Waals surface area (Å²) >= 11 is 0. The van der Waals surface area contributed by atoms with Gasteiger partial charge in [0, 0.05) is 38.1 Å². The molecule has 6 heteroatoms. The number of aliphatic hydroxyl groups is 1. The van der Waals surface area contributed by atoms with E-state index in [9.17, 15) is 4.79 Å². The number of aliphatic hydroxyl groups excluding tert-OH is 1. The monoisotopic (exact) mass is 408 g/mol. The molecule has 0 saturated carbocycles. The average Bonchev–Trinajstić information content (AvgIpc) is 3.46. The summed E-state index contributed by atoms with van der Waals surface area (Å²) in [4.78, 5) is 20.2. The molecule has 0 radical (unpaired) electrons. The third kappa shape index (κ3) is 4.49. The molecule has 2 aromatic carbocycles. The van der Waals surface area contributed by atoms with Gasteiger partial charge in [-0.2, -0.15) is 0 Å². The van der Waals surface area contributed by atoms with Crippen molar-refractivity contribution in [2.24, 2.45) is 4.99 Å². The van der Waals surface area contributed by atoms with Crippen molar-refractivity contribution in [3.63, 3.8) is 0 Å². The van der Waals surface area contributed by atoms with Crippen molar-refractivity contribution >= 4 is 11.8 Å². The lowest BCUT2D eigenvalue weighted by molar-refractivity contribution is -0.136. The number of amides is 1. The molecule has 158 valence electrons. The Kier molecular flexibility index (Phi) is 6.33. The van der Waals surface area contributed by atoms with Crippen LogP contribution in [0.4, 0.5) is 0 Å². The van der Waals surface area contributed by atoms with E-state index in [1.807, 2.05) is 59.5 Å². The van der Waals surface area contributed by atoms with Gasteiger partial charge in [0.1, 0.15) is 12.4 Å². The number of rotatable bonds is 8. The van der Waals surface area contributed by atoms with Crippen molar-refractivity contribution in [3.8, 4) is 5.75 Å². The third-order valence-electron chi connectivity index (χ3n) is 5.57. The van der Waals surface area contributed by atoms with Gasteiger partial charge < -0.3 is 19.5 Å². The summed E-state index contributed by atoms with van der Waals surface area (Å²) in [6, 6.07) is 17.5. The van der Waals surface area contributed by atoms with Gasteiger partial charge in [0.15, 0.2) is 5.54 Å². The number of ether oxygens (including phenoxy) is 2. The second-order valence-corrected chi connectivity index (χ2v) is 7.85. The van der Waals surface area contributed by atoms with E-state index in [1.54, 1.807) is 0 Å². The summed E-state index contributed by atoms with van der Waals surface area (Å²) in [5.74, 6) is 1.29. The molecule has 2 heterocycles. The number of benzene rings is 2. The lowest BCUT2D eigenvalue weighted by Crippen LogP contribution is -2.49. The lowest BCUT2D eigenvalue weighted by Gasteiger charge is -2.28. The second-order valence-electron chi connectivity index (χ2n) is 7.85. The molecule has 0 bridgehead atoms. The molecule has 2 aliphatic rings. The quantitative estimate of drug-likeness (QED) is 0.682. The first-order valence-corrected chi connectivity index (χ1v) is 10.6. The van der Waals surface area contributed by atoms with Crippen LogP contribution in [0.2, 0.25) is 0 Å². The number of hydrogen-bond donors (Lipinski definition) is 1. The van der Waals surface area contributed by atoms with Crippen LogP contribution >= 0.6 is 0 Å². The summed E-state index contributed by atoms with van der Waals surface area (Å²) in [7, 11) is 0. The Labute approximate surface area is 177 Å². The van der Waals surface area contributed by atoms with Gasteiger partial charge in [0.05, 0.1) is 6.61 Å². The number of likely N-dealkylation sites (tertiary alicyclic amines) is 1. The van der Waals surface area contributed by atoms with E-state index in [0.29, 0.717) is 25.3 Å². The van der Waals surface area contributed by atoms with Crippen LogP contribution in [-0.2, 0) is 16.0 Å². The SMILES string of the molecule is O=C(N1CCCC1)[C@@]1(Cc2ccccc2)COC(c2ccc(OCCCO)cc2)=N1. The minimum absolute atomic E-state index is 0.0582. The van der Waals surface area contributed by atoms with Crippen LogP contribution in [0, 0.1) is 0 Å². The smallest absolute Gasteiger partial charge is 0.254 e. The molecule has 0 aromatic heterocycles. The van der Waals surface area contributed by atoms with Crippen LogP contribution in [0.3, 0.4) is 0 Å². The van der Waals surface area contributed by atoms with E-state index >= 15 is 0 Å². The highest BCUT2D eigenvalue weighted by Crippen LogP contribution is 2.30. The van der Waals surface area contributed by atoms with Crippen LogP contribution in [0.15, 0.2) is 59.6 Å². The highest BCUT2D eigenvalue weighted by Gasteiger charge is 2.47. The normalized spacial score (nSPS) is 20.7. The zero-order chi connectivity index (χ0) is 20.8. The zero-order valence-electron chi connectivity index (χ0n) is 17.1. The zero-order valence-corrected chi connectivity index (χ0v) is 17.1. The second kappa shape index (κ2) is 9.30. The molecule has 4 rings (SSSR count). The Morgan fingerprint density at radius 1 is 1.10 bits per heavy atom. The standard InChI is InChI=1S/C24H28N2O4/c27-15-6-16-29-21-11-9-20(10-12-21)22-25-24(18-30-22,17-19-7-2-1-3-8-19)23(28)26-13-4-5-14-26/h1-3,7-12,27H,4-6,13-18H2/t24-/m1/s1. The fraction of sp³-hybridized carbons (Fsp3) is 0.417. The van der Waals surface area contributed by atoms with E-state index in [2.05, 4.69) is 0 Å². The molecule has 2 aromatic rings. The van der Waals surface area contributed by atoms with Gasteiger partial charge in [-0.1, -0.05) is 30.3 Å². The van der Waals surface area contributed by atoms with Crippen LogP contribution < -0.4 is 4.74 Å². The summed E-state index contributed by atoms with van der Waals surface area (Å²) in [6.07, 6.45) is 3.21. The maximum absolute atomic E-state index is 13.5. The van der Waals surface area contributed by atoms with E-state index in [4.69, 9.17) is 19.6 Å². The predicted octanol–water partition coefficient (Wildman–Crippen LogP) is 2.83. The van der Waals surface area contributed by atoms with Crippen molar-refractivity contribution in [2.45, 2.75) is 31.2 Å². The number of carbonyl (C=O) groups excluding carboxylic acids is 1. The maximum Gasteiger partial charge on any atom is 0.254 e. The number of carbonyl (C=O) groups is 1. The minimum Gasteiger partial charge on any atom is -0.494 e. The average molecular weight is 408 g/mol. The molecule has 2 aliphatic heterocycles. The molecule has 0 unspecified atom stereocenters. The minimum atomic E-state index is -0.919.